The molecule has 28 heavy (non-hydrogen) atoms. The molecule has 0 aromatic heterocycles. The number of nitrogens with two attached hydrogens (primary N) is 2. The van der Waals surface area contributed by atoms with Gasteiger partial charge in [0, 0.05) is 35.8 Å². The highest BCUT2D eigenvalue weighted by molar-refractivity contribution is 5.68. The number of aliphatic carboxylic acids is 2. The molecule has 0 saturated heterocycles. The molecule has 0 atom stereocenters. The van der Waals surface area contributed by atoms with Crippen LogP contribution in [-0.4, -0.2) is 35.2 Å². The quantitative estimate of drug-likeness (QED) is 0.378. The highest BCUT2D eigenvalue weighted by Gasteiger charge is 2.00. The minimum atomic E-state index is -0.800. The Kier molecular flexibility index (Phi) is 9.15. The fourth-order valence-corrected chi connectivity index (χ4v) is 2.38. The van der Waals surface area contributed by atoms with Crippen molar-refractivity contribution in [2.75, 3.05) is 35.2 Å². The minimum Gasteiger partial charge on any atom is -0.481 e. The molecular weight excluding hydrogens is 360 g/mol. The van der Waals surface area contributed by atoms with Gasteiger partial charge in [0.2, 0.25) is 0 Å². The van der Waals surface area contributed by atoms with Crippen LogP contribution in [0.1, 0.15) is 24.0 Å². The van der Waals surface area contributed by atoms with E-state index in [2.05, 4.69) is 10.6 Å². The number of anilines is 4. The first kappa shape index (κ1) is 22.6. The Morgan fingerprint density at radius 1 is 0.786 bits per heavy atom. The van der Waals surface area contributed by atoms with Gasteiger partial charge in [0.1, 0.15) is 0 Å². The smallest absolute Gasteiger partial charge is 0.305 e. The Hall–Kier alpha value is -3.42. The summed E-state index contributed by atoms with van der Waals surface area (Å²) in [7, 11) is 0. The molecule has 8 nitrogen and oxygen atoms in total. The van der Waals surface area contributed by atoms with E-state index in [0.29, 0.717) is 24.5 Å². The first-order valence-electron chi connectivity index (χ1n) is 8.82. The average molecular weight is 388 g/mol. The number of hydrogen-bond donors (Lipinski definition) is 6. The molecule has 0 aliphatic rings. The fourth-order valence-electron chi connectivity index (χ4n) is 2.38. The molecule has 0 aliphatic heterocycles. The van der Waals surface area contributed by atoms with Gasteiger partial charge < -0.3 is 32.3 Å². The third kappa shape index (κ3) is 8.79. The van der Waals surface area contributed by atoms with Gasteiger partial charge in [-0.25, -0.2) is 0 Å². The maximum atomic E-state index is 10.3. The van der Waals surface area contributed by atoms with Crippen molar-refractivity contribution in [2.24, 2.45) is 0 Å². The van der Waals surface area contributed by atoms with Gasteiger partial charge in [-0.05, 0) is 61.4 Å². The van der Waals surface area contributed by atoms with Crippen molar-refractivity contribution in [3.63, 3.8) is 0 Å². The molecule has 2 aromatic carbocycles. The van der Waals surface area contributed by atoms with Crippen LogP contribution >= 0.6 is 0 Å². The van der Waals surface area contributed by atoms with Crippen LogP contribution in [0.2, 0.25) is 0 Å². The van der Waals surface area contributed by atoms with Crippen molar-refractivity contribution in [1.82, 2.24) is 0 Å². The summed E-state index contributed by atoms with van der Waals surface area (Å²) in [5.41, 5.74) is 16.5. The molecule has 152 valence electrons. The van der Waals surface area contributed by atoms with E-state index < -0.39 is 11.9 Å². The van der Waals surface area contributed by atoms with Crippen molar-refractivity contribution >= 4 is 34.7 Å². The molecule has 0 radical (unpaired) electrons. The molecule has 8 heteroatoms. The van der Waals surface area contributed by atoms with E-state index in [4.69, 9.17) is 21.7 Å². The maximum absolute atomic E-state index is 10.3. The molecule has 0 heterocycles. The molecule has 0 fully saturated rings. The number of aryl methyl sites for hydroxylation is 2. The third-order valence-electron chi connectivity index (χ3n) is 3.81. The summed E-state index contributed by atoms with van der Waals surface area (Å²) in [5, 5.41) is 23.0. The number of benzene rings is 2. The Labute approximate surface area is 164 Å². The van der Waals surface area contributed by atoms with Crippen LogP contribution in [0.25, 0.3) is 0 Å². The highest BCUT2D eigenvalue weighted by atomic mass is 16.4. The number of carboxylic acids is 2. The summed E-state index contributed by atoms with van der Waals surface area (Å²) in [4.78, 5) is 20.5. The molecule has 0 bridgehead atoms. The van der Waals surface area contributed by atoms with Gasteiger partial charge in [0.05, 0.1) is 12.8 Å². The predicted molar refractivity (Wildman–Crippen MR) is 113 cm³/mol. The number of nitrogen functional groups attached to an aromatic ring is 2. The second-order valence-corrected chi connectivity index (χ2v) is 6.29. The molecule has 0 spiro atoms. The van der Waals surface area contributed by atoms with Gasteiger partial charge in [-0.3, -0.25) is 9.59 Å². The lowest BCUT2D eigenvalue weighted by Gasteiger charge is -2.08. The second kappa shape index (κ2) is 11.3. The fraction of sp³-hybridized carbons (Fsp3) is 0.300. The lowest BCUT2D eigenvalue weighted by atomic mass is 10.2. The molecule has 0 unspecified atom stereocenters. The topological polar surface area (TPSA) is 151 Å². The van der Waals surface area contributed by atoms with Gasteiger partial charge in [-0.15, -0.1) is 0 Å². The summed E-state index contributed by atoms with van der Waals surface area (Å²) in [6.45, 7) is 4.72. The van der Waals surface area contributed by atoms with Gasteiger partial charge in [-0.2, -0.15) is 0 Å². The van der Waals surface area contributed by atoms with Crippen LogP contribution in [0.4, 0.5) is 22.7 Å². The average Bonchev–Trinajstić information content (AvgIpc) is 2.59. The van der Waals surface area contributed by atoms with E-state index in [9.17, 15) is 9.59 Å². The Morgan fingerprint density at radius 3 is 1.43 bits per heavy atom. The molecule has 2 aromatic rings. The van der Waals surface area contributed by atoms with E-state index in [-0.39, 0.29) is 12.8 Å². The van der Waals surface area contributed by atoms with Gasteiger partial charge in [0.25, 0.3) is 0 Å². The zero-order valence-corrected chi connectivity index (χ0v) is 16.2. The monoisotopic (exact) mass is 388 g/mol. The molecule has 0 amide bonds. The van der Waals surface area contributed by atoms with Gasteiger partial charge in [0.15, 0.2) is 0 Å². The molecule has 0 saturated carbocycles. The Balaban J connectivity index is 0.000000280. The largest absolute Gasteiger partial charge is 0.481 e. The van der Waals surface area contributed by atoms with Crippen molar-refractivity contribution in [3.05, 3.63) is 47.5 Å². The standard InChI is InChI=1S/2C10H14N2O2/c2*1-7-6-8(11)2-3-9(7)12-5-4-10(13)14/h2*2-3,6,12H,4-5,11H2,1H3,(H,13,14). The summed E-state index contributed by atoms with van der Waals surface area (Å²) < 4.78 is 0. The second-order valence-electron chi connectivity index (χ2n) is 6.29. The van der Waals surface area contributed by atoms with Crippen LogP contribution < -0.4 is 22.1 Å². The van der Waals surface area contributed by atoms with Gasteiger partial charge >= 0.3 is 11.9 Å². The number of hydrogen-bond acceptors (Lipinski definition) is 6. The molecule has 8 N–H and O–H groups in total. The van der Waals surface area contributed by atoms with Crippen LogP contribution in [-0.2, 0) is 9.59 Å². The molecular formula is C20H28N4O4. The summed E-state index contributed by atoms with van der Waals surface area (Å²) in [5.74, 6) is -1.60. The molecule has 0 aliphatic carbocycles. The maximum Gasteiger partial charge on any atom is 0.305 e. The number of carbonyl (C=O) groups is 2. The summed E-state index contributed by atoms with van der Waals surface area (Å²) in [6.07, 6.45) is 0.230. The number of nitrogens with one attached hydrogen (secondary N) is 2. The predicted octanol–water partition coefficient (Wildman–Crippen LogP) is 2.93. The molecule has 2 rings (SSSR count). The normalized spacial score (nSPS) is 9.79. The van der Waals surface area contributed by atoms with E-state index in [1.807, 2.05) is 38.1 Å². The van der Waals surface area contributed by atoms with Crippen LogP contribution in [0.15, 0.2) is 36.4 Å². The Bertz CT molecular complexity index is 741. The lowest BCUT2D eigenvalue weighted by molar-refractivity contribution is -0.137. The van der Waals surface area contributed by atoms with E-state index in [1.54, 1.807) is 12.1 Å². The van der Waals surface area contributed by atoms with Crippen molar-refractivity contribution < 1.29 is 19.8 Å². The van der Waals surface area contributed by atoms with Crippen molar-refractivity contribution in [1.29, 1.82) is 0 Å². The summed E-state index contributed by atoms with van der Waals surface area (Å²) in [6, 6.07) is 11.0. The first-order valence-corrected chi connectivity index (χ1v) is 8.82. The first-order chi connectivity index (χ1) is 13.2. The third-order valence-corrected chi connectivity index (χ3v) is 3.81. The number of carboxylic acid groups (broad SMARTS) is 2. The lowest BCUT2D eigenvalue weighted by Crippen LogP contribution is -2.08. The van der Waals surface area contributed by atoms with Crippen LogP contribution in [0, 0.1) is 13.8 Å². The highest BCUT2D eigenvalue weighted by Crippen LogP contribution is 2.18. The zero-order valence-electron chi connectivity index (χ0n) is 16.2. The zero-order chi connectivity index (χ0) is 21.1. The van der Waals surface area contributed by atoms with Gasteiger partial charge in [-0.1, -0.05) is 0 Å². The van der Waals surface area contributed by atoms with Crippen LogP contribution in [0.3, 0.4) is 0 Å². The van der Waals surface area contributed by atoms with E-state index >= 15 is 0 Å². The van der Waals surface area contributed by atoms with Crippen molar-refractivity contribution in [3.8, 4) is 0 Å². The minimum absolute atomic E-state index is 0.115. The SMILES string of the molecule is Cc1cc(N)ccc1NCCC(=O)O.Cc1cc(N)ccc1NCCC(=O)O. The summed E-state index contributed by atoms with van der Waals surface area (Å²) >= 11 is 0. The van der Waals surface area contributed by atoms with E-state index in [1.165, 1.54) is 0 Å². The Morgan fingerprint density at radius 2 is 1.14 bits per heavy atom. The van der Waals surface area contributed by atoms with Crippen LogP contribution in [0.5, 0.6) is 0 Å². The number of rotatable bonds is 8. The van der Waals surface area contributed by atoms with Crippen molar-refractivity contribution in [2.45, 2.75) is 26.7 Å². The van der Waals surface area contributed by atoms with E-state index in [0.717, 1.165) is 22.5 Å².